The zero-order chi connectivity index (χ0) is 12.8. The molecule has 0 heterocycles. The van der Waals surface area contributed by atoms with E-state index in [0.29, 0.717) is 12.0 Å². The second kappa shape index (κ2) is 6.97. The van der Waals surface area contributed by atoms with Crippen molar-refractivity contribution in [1.29, 1.82) is 0 Å². The Labute approximate surface area is 105 Å². The van der Waals surface area contributed by atoms with Crippen molar-refractivity contribution in [2.45, 2.75) is 58.0 Å². The van der Waals surface area contributed by atoms with Crippen LogP contribution in [0.1, 0.15) is 46.0 Å². The molecule has 1 saturated carbocycles. The lowest BCUT2D eigenvalue weighted by atomic mass is 9.82. The van der Waals surface area contributed by atoms with Crippen molar-refractivity contribution in [1.82, 2.24) is 4.90 Å². The normalized spacial score (nSPS) is 27.1. The summed E-state index contributed by atoms with van der Waals surface area (Å²) in [6.45, 7) is 5.73. The summed E-state index contributed by atoms with van der Waals surface area (Å²) in [5.74, 6) is 0.327. The summed E-state index contributed by atoms with van der Waals surface area (Å²) in [6, 6.07) is 0.313. The van der Waals surface area contributed by atoms with Crippen LogP contribution in [-0.4, -0.2) is 36.0 Å². The van der Waals surface area contributed by atoms with E-state index in [0.717, 1.165) is 25.9 Å². The first-order valence-corrected chi connectivity index (χ1v) is 6.90. The molecule has 100 valence electrons. The van der Waals surface area contributed by atoms with Crippen LogP contribution in [0.25, 0.3) is 0 Å². The molecule has 3 atom stereocenters. The highest BCUT2D eigenvalue weighted by molar-refractivity contribution is 5.79. The molecule has 0 bridgehead atoms. The predicted octanol–water partition coefficient (Wildman–Crippen LogP) is 1.09. The van der Waals surface area contributed by atoms with Gasteiger partial charge in [-0.15, -0.1) is 0 Å². The molecule has 0 aliphatic heterocycles. The van der Waals surface area contributed by atoms with E-state index in [1.165, 1.54) is 19.3 Å². The molecule has 1 rings (SSSR count). The number of carbonyl (C=O) groups excluding carboxylic acids is 1. The number of nitrogens with zero attached hydrogens (tertiary/aromatic N) is 1. The molecule has 3 unspecified atom stereocenters. The second-order valence-electron chi connectivity index (χ2n) is 5.00. The standard InChI is InChI=1S/C13H27N3O/c1-3-11(13(15)17)16(4-2)12-8-6-5-7-10(12)9-14/h10-12H,3-9,14H2,1-2H3,(H2,15,17). The largest absolute Gasteiger partial charge is 0.368 e. The number of likely N-dealkylation sites (N-methyl/N-ethyl adjacent to an activating group) is 1. The molecule has 17 heavy (non-hydrogen) atoms. The quantitative estimate of drug-likeness (QED) is 0.731. The molecule has 4 N–H and O–H groups in total. The van der Waals surface area contributed by atoms with Gasteiger partial charge in [0.15, 0.2) is 0 Å². The molecule has 0 spiro atoms. The second-order valence-corrected chi connectivity index (χ2v) is 5.00. The number of primary amides is 1. The van der Waals surface area contributed by atoms with Crippen molar-refractivity contribution in [2.75, 3.05) is 13.1 Å². The Balaban J connectivity index is 2.79. The number of rotatable bonds is 6. The summed E-state index contributed by atoms with van der Waals surface area (Å²) in [4.78, 5) is 13.8. The number of hydrogen-bond acceptors (Lipinski definition) is 3. The van der Waals surface area contributed by atoms with Crippen LogP contribution >= 0.6 is 0 Å². The SMILES string of the molecule is CCC(C(N)=O)N(CC)C1CCCCC1CN. The van der Waals surface area contributed by atoms with E-state index in [4.69, 9.17) is 11.5 Å². The minimum Gasteiger partial charge on any atom is -0.368 e. The van der Waals surface area contributed by atoms with E-state index in [2.05, 4.69) is 11.8 Å². The molecule has 0 saturated heterocycles. The van der Waals surface area contributed by atoms with E-state index < -0.39 is 0 Å². The minimum atomic E-state index is -0.198. The van der Waals surface area contributed by atoms with E-state index in [1.54, 1.807) is 0 Å². The van der Waals surface area contributed by atoms with Gasteiger partial charge in [0.2, 0.25) is 5.91 Å². The first-order valence-electron chi connectivity index (χ1n) is 6.90. The average Bonchev–Trinajstić information content (AvgIpc) is 2.35. The average molecular weight is 241 g/mol. The molecule has 4 heteroatoms. The summed E-state index contributed by atoms with van der Waals surface area (Å²) in [6.07, 6.45) is 5.64. The molecule has 1 aliphatic carbocycles. The van der Waals surface area contributed by atoms with Crippen LogP contribution in [0, 0.1) is 5.92 Å². The molecule has 0 aromatic rings. The van der Waals surface area contributed by atoms with E-state index in [9.17, 15) is 4.79 Å². The van der Waals surface area contributed by atoms with Gasteiger partial charge in [-0.1, -0.05) is 26.7 Å². The van der Waals surface area contributed by atoms with E-state index in [1.807, 2.05) is 6.92 Å². The number of nitrogens with two attached hydrogens (primary N) is 2. The monoisotopic (exact) mass is 241 g/mol. The summed E-state index contributed by atoms with van der Waals surface area (Å²) >= 11 is 0. The predicted molar refractivity (Wildman–Crippen MR) is 70.5 cm³/mol. The minimum absolute atomic E-state index is 0.128. The third kappa shape index (κ3) is 3.42. The highest BCUT2D eigenvalue weighted by Crippen LogP contribution is 2.29. The fourth-order valence-electron chi connectivity index (χ4n) is 3.18. The number of amides is 1. The third-order valence-electron chi connectivity index (χ3n) is 4.08. The van der Waals surface area contributed by atoms with Crippen molar-refractivity contribution < 1.29 is 4.79 Å². The fourth-order valence-corrected chi connectivity index (χ4v) is 3.18. The van der Waals surface area contributed by atoms with Crippen molar-refractivity contribution >= 4 is 5.91 Å². The molecule has 0 aromatic heterocycles. The molecular weight excluding hydrogens is 214 g/mol. The molecule has 1 amide bonds. The molecule has 1 fully saturated rings. The van der Waals surface area contributed by atoms with Crippen LogP contribution in [0.2, 0.25) is 0 Å². The lowest BCUT2D eigenvalue weighted by molar-refractivity contribution is -0.125. The van der Waals surface area contributed by atoms with Crippen LogP contribution < -0.4 is 11.5 Å². The lowest BCUT2D eigenvalue weighted by Gasteiger charge is -2.42. The van der Waals surface area contributed by atoms with Gasteiger partial charge in [-0.3, -0.25) is 9.69 Å². The van der Waals surface area contributed by atoms with Gasteiger partial charge in [-0.2, -0.15) is 0 Å². The summed E-state index contributed by atoms with van der Waals surface area (Å²) in [5.41, 5.74) is 11.4. The van der Waals surface area contributed by atoms with Gasteiger partial charge >= 0.3 is 0 Å². The highest BCUT2D eigenvalue weighted by Gasteiger charge is 2.33. The van der Waals surface area contributed by atoms with Gasteiger partial charge in [0.25, 0.3) is 0 Å². The summed E-state index contributed by atoms with van der Waals surface area (Å²) in [5, 5.41) is 0. The zero-order valence-corrected chi connectivity index (χ0v) is 11.2. The van der Waals surface area contributed by atoms with Crippen LogP contribution in [0.15, 0.2) is 0 Å². The van der Waals surface area contributed by atoms with Crippen LogP contribution in [-0.2, 0) is 4.79 Å². The molecular formula is C13H27N3O. The van der Waals surface area contributed by atoms with E-state index in [-0.39, 0.29) is 11.9 Å². The Kier molecular flexibility index (Phi) is 5.92. The van der Waals surface area contributed by atoms with Crippen LogP contribution in [0.4, 0.5) is 0 Å². The van der Waals surface area contributed by atoms with Gasteiger partial charge in [0.05, 0.1) is 6.04 Å². The first kappa shape index (κ1) is 14.5. The van der Waals surface area contributed by atoms with Gasteiger partial charge in [0.1, 0.15) is 0 Å². The zero-order valence-electron chi connectivity index (χ0n) is 11.2. The van der Waals surface area contributed by atoms with Crippen LogP contribution in [0.5, 0.6) is 0 Å². The smallest absolute Gasteiger partial charge is 0.234 e. The molecule has 4 nitrogen and oxygen atoms in total. The Hall–Kier alpha value is -0.610. The van der Waals surface area contributed by atoms with Crippen molar-refractivity contribution in [3.8, 4) is 0 Å². The van der Waals surface area contributed by atoms with Gasteiger partial charge in [-0.25, -0.2) is 0 Å². The fraction of sp³-hybridized carbons (Fsp3) is 0.923. The highest BCUT2D eigenvalue weighted by atomic mass is 16.1. The van der Waals surface area contributed by atoms with E-state index >= 15 is 0 Å². The Morgan fingerprint density at radius 1 is 1.35 bits per heavy atom. The Morgan fingerprint density at radius 2 is 2.00 bits per heavy atom. The van der Waals surface area contributed by atoms with Gasteiger partial charge in [0, 0.05) is 6.04 Å². The summed E-state index contributed by atoms with van der Waals surface area (Å²) in [7, 11) is 0. The van der Waals surface area contributed by atoms with Crippen LogP contribution in [0.3, 0.4) is 0 Å². The molecule has 0 aromatic carbocycles. The van der Waals surface area contributed by atoms with Crippen molar-refractivity contribution in [3.05, 3.63) is 0 Å². The van der Waals surface area contributed by atoms with Crippen molar-refractivity contribution in [2.24, 2.45) is 17.4 Å². The number of hydrogen-bond donors (Lipinski definition) is 2. The molecule has 1 aliphatic rings. The third-order valence-corrected chi connectivity index (χ3v) is 4.08. The number of carbonyl (C=O) groups is 1. The summed E-state index contributed by atoms with van der Waals surface area (Å²) < 4.78 is 0. The maximum Gasteiger partial charge on any atom is 0.234 e. The lowest BCUT2D eigenvalue weighted by Crippen LogP contribution is -2.53. The maximum atomic E-state index is 11.5. The maximum absolute atomic E-state index is 11.5. The van der Waals surface area contributed by atoms with Gasteiger partial charge in [-0.05, 0) is 38.3 Å². The Morgan fingerprint density at radius 3 is 2.47 bits per heavy atom. The molecule has 0 radical (unpaired) electrons. The first-order chi connectivity index (χ1) is 8.15. The Bertz CT molecular complexity index is 245. The van der Waals surface area contributed by atoms with Crippen molar-refractivity contribution in [3.63, 3.8) is 0 Å². The topological polar surface area (TPSA) is 72.4 Å². The van der Waals surface area contributed by atoms with Gasteiger partial charge < -0.3 is 11.5 Å².